The van der Waals surface area contributed by atoms with Gasteiger partial charge >= 0.3 is 0 Å². The minimum absolute atomic E-state index is 0.619. The van der Waals surface area contributed by atoms with Crippen LogP contribution in [0.1, 0.15) is 5.56 Å². The molecule has 3 heterocycles. The first-order valence-corrected chi connectivity index (χ1v) is 7.20. The van der Waals surface area contributed by atoms with Crippen molar-refractivity contribution in [3.8, 4) is 11.5 Å². The van der Waals surface area contributed by atoms with Crippen molar-refractivity contribution in [1.29, 1.82) is 0 Å². The molecule has 0 aliphatic heterocycles. The zero-order valence-corrected chi connectivity index (χ0v) is 12.5. The topological polar surface area (TPSA) is 75.6 Å². The van der Waals surface area contributed by atoms with Gasteiger partial charge in [-0.3, -0.25) is 4.98 Å². The summed E-state index contributed by atoms with van der Waals surface area (Å²) in [5.74, 6) is 1.34. The van der Waals surface area contributed by atoms with Gasteiger partial charge in [0, 0.05) is 31.0 Å². The van der Waals surface area contributed by atoms with Crippen molar-refractivity contribution in [1.82, 2.24) is 19.3 Å². The third-order valence-electron chi connectivity index (χ3n) is 2.87. The molecular weight excluding hydrogens is 284 g/mol. The van der Waals surface area contributed by atoms with E-state index in [1.807, 2.05) is 38.2 Å². The largest absolute Gasteiger partial charge is 0.385 e. The average Bonchev–Trinajstić information content (AvgIpc) is 2.96. The van der Waals surface area contributed by atoms with Gasteiger partial charge in [-0.05, 0) is 36.8 Å². The van der Waals surface area contributed by atoms with Gasteiger partial charge < -0.3 is 10.6 Å². The number of aryl methyl sites for hydroxylation is 1. The summed E-state index contributed by atoms with van der Waals surface area (Å²) in [6.07, 6.45) is 3.49. The molecule has 3 rings (SSSR count). The number of rotatable bonds is 4. The van der Waals surface area contributed by atoms with Crippen molar-refractivity contribution in [2.45, 2.75) is 6.92 Å². The van der Waals surface area contributed by atoms with E-state index < -0.39 is 0 Å². The third-order valence-corrected chi connectivity index (χ3v) is 3.50. The second kappa shape index (κ2) is 5.84. The van der Waals surface area contributed by atoms with Gasteiger partial charge in [-0.25, -0.2) is 4.98 Å². The normalized spacial score (nSPS) is 10.4. The van der Waals surface area contributed by atoms with Crippen LogP contribution in [-0.2, 0) is 0 Å². The number of aromatic nitrogens is 4. The highest BCUT2D eigenvalue weighted by molar-refractivity contribution is 7.09. The molecular formula is C14H14N6S. The molecule has 0 saturated carbocycles. The second-order valence-electron chi connectivity index (χ2n) is 4.42. The fraction of sp³-hybridized carbons (Fsp3) is 0.143. The Labute approximate surface area is 126 Å². The molecule has 0 bridgehead atoms. The van der Waals surface area contributed by atoms with Crippen LogP contribution in [0.4, 0.5) is 16.6 Å². The van der Waals surface area contributed by atoms with E-state index in [1.54, 1.807) is 12.4 Å². The van der Waals surface area contributed by atoms with E-state index in [4.69, 9.17) is 0 Å². The zero-order valence-electron chi connectivity index (χ0n) is 11.7. The highest BCUT2D eigenvalue weighted by Gasteiger charge is 2.10. The lowest BCUT2D eigenvalue weighted by Gasteiger charge is -2.06. The van der Waals surface area contributed by atoms with E-state index in [-0.39, 0.29) is 0 Å². The maximum absolute atomic E-state index is 4.46. The van der Waals surface area contributed by atoms with Crippen LogP contribution in [0.25, 0.3) is 11.5 Å². The van der Waals surface area contributed by atoms with Gasteiger partial charge in [0.25, 0.3) is 0 Å². The SMILES string of the molecule is CNc1cccnc1Nc1nc(-c2cc(C)ccn2)ns1. The summed E-state index contributed by atoms with van der Waals surface area (Å²) in [4.78, 5) is 13.0. The molecule has 3 aromatic heterocycles. The Bertz CT molecular complexity index is 754. The highest BCUT2D eigenvalue weighted by Crippen LogP contribution is 2.25. The van der Waals surface area contributed by atoms with Crippen LogP contribution in [0.15, 0.2) is 36.7 Å². The molecule has 3 aromatic rings. The number of nitrogens with zero attached hydrogens (tertiary/aromatic N) is 4. The van der Waals surface area contributed by atoms with Crippen molar-refractivity contribution in [3.63, 3.8) is 0 Å². The maximum atomic E-state index is 4.46. The molecule has 0 aliphatic carbocycles. The van der Waals surface area contributed by atoms with Crippen LogP contribution in [-0.4, -0.2) is 26.4 Å². The Morgan fingerprint density at radius 2 is 2.05 bits per heavy atom. The fourth-order valence-corrected chi connectivity index (χ4v) is 2.42. The predicted octanol–water partition coefficient (Wildman–Crippen LogP) is 3.09. The summed E-state index contributed by atoms with van der Waals surface area (Å²) >= 11 is 1.28. The molecule has 6 nitrogen and oxygen atoms in total. The van der Waals surface area contributed by atoms with E-state index in [2.05, 4.69) is 30.0 Å². The van der Waals surface area contributed by atoms with Gasteiger partial charge in [0.05, 0.1) is 5.69 Å². The van der Waals surface area contributed by atoms with Crippen LogP contribution in [0.5, 0.6) is 0 Å². The number of anilines is 3. The summed E-state index contributed by atoms with van der Waals surface area (Å²) in [7, 11) is 1.85. The van der Waals surface area contributed by atoms with Crippen LogP contribution in [0.3, 0.4) is 0 Å². The number of hydrogen-bond donors (Lipinski definition) is 2. The summed E-state index contributed by atoms with van der Waals surface area (Å²) in [5.41, 5.74) is 2.81. The van der Waals surface area contributed by atoms with E-state index >= 15 is 0 Å². The smallest absolute Gasteiger partial charge is 0.208 e. The van der Waals surface area contributed by atoms with Crippen molar-refractivity contribution in [2.24, 2.45) is 0 Å². The molecule has 7 heteroatoms. The molecule has 2 N–H and O–H groups in total. The Balaban J connectivity index is 1.85. The van der Waals surface area contributed by atoms with Gasteiger partial charge in [0.2, 0.25) is 5.13 Å². The monoisotopic (exact) mass is 298 g/mol. The molecule has 0 aromatic carbocycles. The van der Waals surface area contributed by atoms with Gasteiger partial charge in [-0.2, -0.15) is 9.36 Å². The van der Waals surface area contributed by atoms with Crippen molar-refractivity contribution < 1.29 is 0 Å². The van der Waals surface area contributed by atoms with E-state index in [0.717, 1.165) is 22.8 Å². The molecule has 0 saturated heterocycles. The molecule has 106 valence electrons. The van der Waals surface area contributed by atoms with Gasteiger partial charge in [0.15, 0.2) is 11.6 Å². The van der Waals surface area contributed by atoms with Crippen LogP contribution >= 0.6 is 11.5 Å². The molecule has 0 aliphatic rings. The van der Waals surface area contributed by atoms with Gasteiger partial charge in [-0.1, -0.05) is 0 Å². The lowest BCUT2D eigenvalue weighted by molar-refractivity contribution is 1.21. The standard InChI is InChI=1S/C14H14N6S/c1-9-5-7-16-11(8-9)13-19-14(21-20-13)18-12-10(15-2)4-3-6-17-12/h3-8,15H,1-2H3,(H,17,18,19,20). The molecule has 0 unspecified atom stereocenters. The minimum Gasteiger partial charge on any atom is -0.385 e. The van der Waals surface area contributed by atoms with E-state index in [0.29, 0.717) is 11.0 Å². The molecule has 0 spiro atoms. The predicted molar refractivity (Wildman–Crippen MR) is 84.9 cm³/mol. The fourth-order valence-electron chi connectivity index (χ4n) is 1.84. The third kappa shape index (κ3) is 2.97. The van der Waals surface area contributed by atoms with Crippen molar-refractivity contribution in [2.75, 3.05) is 17.7 Å². The van der Waals surface area contributed by atoms with E-state index in [1.165, 1.54) is 11.5 Å². The van der Waals surface area contributed by atoms with Crippen LogP contribution < -0.4 is 10.6 Å². The first-order chi connectivity index (χ1) is 10.3. The highest BCUT2D eigenvalue weighted by atomic mass is 32.1. The van der Waals surface area contributed by atoms with Crippen LogP contribution in [0, 0.1) is 6.92 Å². The number of nitrogens with one attached hydrogen (secondary N) is 2. The lowest BCUT2D eigenvalue weighted by Crippen LogP contribution is -1.98. The lowest BCUT2D eigenvalue weighted by atomic mass is 10.2. The summed E-state index contributed by atoms with van der Waals surface area (Å²) in [6, 6.07) is 7.73. The molecule has 0 radical (unpaired) electrons. The quantitative estimate of drug-likeness (QED) is 0.771. The van der Waals surface area contributed by atoms with E-state index in [9.17, 15) is 0 Å². The molecule has 0 amide bonds. The summed E-state index contributed by atoms with van der Waals surface area (Å²) < 4.78 is 4.34. The number of pyridine rings is 2. The first kappa shape index (κ1) is 13.4. The molecule has 0 fully saturated rings. The summed E-state index contributed by atoms with van der Waals surface area (Å²) in [5, 5.41) is 6.94. The minimum atomic E-state index is 0.619. The van der Waals surface area contributed by atoms with Crippen LogP contribution in [0.2, 0.25) is 0 Å². The van der Waals surface area contributed by atoms with Gasteiger partial charge in [0.1, 0.15) is 5.69 Å². The molecule has 0 atom stereocenters. The zero-order chi connectivity index (χ0) is 14.7. The first-order valence-electron chi connectivity index (χ1n) is 6.43. The average molecular weight is 298 g/mol. The summed E-state index contributed by atoms with van der Waals surface area (Å²) in [6.45, 7) is 2.02. The number of hydrogen-bond acceptors (Lipinski definition) is 7. The Kier molecular flexibility index (Phi) is 3.74. The Hall–Kier alpha value is -2.54. The Morgan fingerprint density at radius 3 is 2.86 bits per heavy atom. The second-order valence-corrected chi connectivity index (χ2v) is 5.17. The van der Waals surface area contributed by atoms with Crippen molar-refractivity contribution in [3.05, 3.63) is 42.2 Å². The Morgan fingerprint density at radius 1 is 1.14 bits per heavy atom. The van der Waals surface area contributed by atoms with Gasteiger partial charge in [-0.15, -0.1) is 0 Å². The maximum Gasteiger partial charge on any atom is 0.208 e. The molecule has 21 heavy (non-hydrogen) atoms. The van der Waals surface area contributed by atoms with Crippen molar-refractivity contribution >= 4 is 28.2 Å².